The highest BCUT2D eigenvalue weighted by atomic mass is 32.2. The Balaban J connectivity index is 1.65. The Labute approximate surface area is 205 Å². The Hall–Kier alpha value is -2.60. The number of hydrogen-bond acceptors (Lipinski definition) is 6. The van der Waals surface area contributed by atoms with Crippen LogP contribution >= 0.6 is 11.3 Å². The van der Waals surface area contributed by atoms with Gasteiger partial charge >= 0.3 is 6.18 Å². The van der Waals surface area contributed by atoms with Gasteiger partial charge in [0.1, 0.15) is 9.96 Å². The van der Waals surface area contributed by atoms with Gasteiger partial charge in [-0.15, -0.1) is 11.3 Å². The number of benzene rings is 2. The van der Waals surface area contributed by atoms with Crippen molar-refractivity contribution in [1.82, 2.24) is 4.31 Å². The molecule has 11 heteroatoms. The summed E-state index contributed by atoms with van der Waals surface area (Å²) in [7, 11) is -3.70. The molecular weight excluding hydrogens is 501 g/mol. The Morgan fingerprint density at radius 3 is 2.31 bits per heavy atom. The van der Waals surface area contributed by atoms with Crippen molar-refractivity contribution in [2.45, 2.75) is 35.4 Å². The maximum Gasteiger partial charge on any atom is 0.421 e. The van der Waals surface area contributed by atoms with Crippen molar-refractivity contribution in [2.24, 2.45) is 0 Å². The number of sulfonamides is 1. The second kappa shape index (κ2) is 9.45. The van der Waals surface area contributed by atoms with E-state index < -0.39 is 21.8 Å². The molecule has 2 aromatic carbocycles. The van der Waals surface area contributed by atoms with E-state index in [9.17, 15) is 31.8 Å². The molecule has 0 amide bonds. The van der Waals surface area contributed by atoms with Gasteiger partial charge in [-0.3, -0.25) is 0 Å². The highest BCUT2D eigenvalue weighted by Crippen LogP contribution is 2.39. The molecule has 4 rings (SSSR count). The van der Waals surface area contributed by atoms with Gasteiger partial charge in [-0.05, 0) is 54.1 Å². The lowest BCUT2D eigenvalue weighted by molar-refractivity contribution is -0.258. The van der Waals surface area contributed by atoms with Gasteiger partial charge in [0.05, 0.1) is 0 Å². The summed E-state index contributed by atoms with van der Waals surface area (Å²) in [5.74, 6) is 0.0854. The van der Waals surface area contributed by atoms with E-state index in [0.29, 0.717) is 31.1 Å². The molecule has 3 aromatic rings. The largest absolute Gasteiger partial charge is 0.508 e. The molecule has 1 aromatic heterocycles. The van der Waals surface area contributed by atoms with Crippen molar-refractivity contribution in [3.63, 3.8) is 0 Å². The molecule has 0 aliphatic carbocycles. The van der Waals surface area contributed by atoms with Crippen LogP contribution in [-0.2, 0) is 22.0 Å². The molecule has 188 valence electrons. The van der Waals surface area contributed by atoms with Gasteiger partial charge in [0.25, 0.3) is 10.0 Å². The topological polar surface area (TPSA) is 81.1 Å². The Bertz CT molecular complexity index is 1260. The van der Waals surface area contributed by atoms with Gasteiger partial charge in [-0.1, -0.05) is 36.4 Å². The SMILES string of the molecule is CC(O)(c1ccc(N2CCN(S(=O)(=O)c3cccs3)C[C@@H]2Cc2ccccc2O)cc1)C(F)(F)F. The van der Waals surface area contributed by atoms with E-state index in [4.69, 9.17) is 0 Å². The second-order valence-corrected chi connectivity index (χ2v) is 11.7. The van der Waals surface area contributed by atoms with Crippen LogP contribution in [0.1, 0.15) is 18.1 Å². The number of para-hydroxylation sites is 1. The first-order valence-electron chi connectivity index (χ1n) is 10.9. The number of alkyl halides is 3. The third-order valence-electron chi connectivity index (χ3n) is 6.29. The van der Waals surface area contributed by atoms with E-state index in [1.54, 1.807) is 41.8 Å². The van der Waals surface area contributed by atoms with Crippen molar-refractivity contribution in [3.8, 4) is 5.75 Å². The molecule has 35 heavy (non-hydrogen) atoms. The summed E-state index contributed by atoms with van der Waals surface area (Å²) in [5.41, 5.74) is -2.05. The highest BCUT2D eigenvalue weighted by Gasteiger charge is 2.51. The first kappa shape index (κ1) is 25.5. The number of piperazine rings is 1. The number of anilines is 1. The van der Waals surface area contributed by atoms with Gasteiger partial charge in [0.15, 0.2) is 5.60 Å². The van der Waals surface area contributed by atoms with E-state index in [2.05, 4.69) is 0 Å². The smallest absolute Gasteiger partial charge is 0.421 e. The first-order chi connectivity index (χ1) is 16.4. The number of nitrogens with zero attached hydrogens (tertiary/aromatic N) is 2. The van der Waals surface area contributed by atoms with E-state index in [1.165, 1.54) is 28.6 Å². The zero-order chi connectivity index (χ0) is 25.4. The summed E-state index contributed by atoms with van der Waals surface area (Å²) in [4.78, 5) is 1.93. The molecule has 1 saturated heterocycles. The van der Waals surface area contributed by atoms with Crippen LogP contribution in [0, 0.1) is 0 Å². The quantitative estimate of drug-likeness (QED) is 0.499. The lowest BCUT2D eigenvalue weighted by Crippen LogP contribution is -2.55. The van der Waals surface area contributed by atoms with Crippen molar-refractivity contribution in [1.29, 1.82) is 0 Å². The van der Waals surface area contributed by atoms with Crippen LogP contribution in [-0.4, -0.2) is 54.8 Å². The van der Waals surface area contributed by atoms with Crippen molar-refractivity contribution in [2.75, 3.05) is 24.5 Å². The van der Waals surface area contributed by atoms with Crippen LogP contribution in [0.2, 0.25) is 0 Å². The normalized spacial score (nSPS) is 19.5. The maximum absolute atomic E-state index is 13.2. The van der Waals surface area contributed by atoms with Crippen LogP contribution in [0.15, 0.2) is 70.3 Å². The second-order valence-electron chi connectivity index (χ2n) is 8.59. The lowest BCUT2D eigenvalue weighted by Gasteiger charge is -2.42. The molecule has 1 aliphatic heterocycles. The number of halogens is 3. The number of aromatic hydroxyl groups is 1. The van der Waals surface area contributed by atoms with Crippen molar-refractivity contribution in [3.05, 3.63) is 77.2 Å². The van der Waals surface area contributed by atoms with Gasteiger partial charge in [-0.25, -0.2) is 8.42 Å². The fourth-order valence-corrected chi connectivity index (χ4v) is 6.79. The van der Waals surface area contributed by atoms with Crippen LogP contribution < -0.4 is 4.90 Å². The van der Waals surface area contributed by atoms with E-state index in [0.717, 1.165) is 11.3 Å². The van der Waals surface area contributed by atoms with Crippen LogP contribution in [0.3, 0.4) is 0 Å². The van der Waals surface area contributed by atoms with Gasteiger partial charge in [0, 0.05) is 31.4 Å². The standard InChI is InChI=1S/C24H25F3N2O4S2/c1-23(31,24(25,26)27)18-8-10-19(11-9-18)29-13-12-28(35(32,33)22-7-4-14-34-22)16-20(29)15-17-5-2-3-6-21(17)30/h2-11,14,20,30-31H,12-13,15-16H2,1H3/t20-,23?/m0/s1. The molecule has 1 aliphatic rings. The number of aliphatic hydroxyl groups is 1. The zero-order valence-corrected chi connectivity index (χ0v) is 20.4. The third-order valence-corrected chi connectivity index (χ3v) is 9.53. The molecule has 0 bridgehead atoms. The number of thiophene rings is 1. The Morgan fingerprint density at radius 1 is 1.03 bits per heavy atom. The summed E-state index contributed by atoms with van der Waals surface area (Å²) in [5, 5.41) is 22.0. The Kier molecular flexibility index (Phi) is 6.89. The van der Waals surface area contributed by atoms with E-state index in [1.807, 2.05) is 4.90 Å². The number of hydrogen-bond donors (Lipinski definition) is 2. The summed E-state index contributed by atoms with van der Waals surface area (Å²) in [6, 6.07) is 15.1. The first-order valence-corrected chi connectivity index (χ1v) is 13.2. The molecule has 2 atom stereocenters. The highest BCUT2D eigenvalue weighted by molar-refractivity contribution is 7.91. The number of rotatable bonds is 6. The minimum absolute atomic E-state index is 0.0854. The molecule has 2 heterocycles. The van der Waals surface area contributed by atoms with Gasteiger partial charge < -0.3 is 15.1 Å². The molecule has 1 unspecified atom stereocenters. The molecule has 6 nitrogen and oxygen atoms in total. The molecule has 1 fully saturated rings. The number of phenolic OH excluding ortho intramolecular Hbond substituents is 1. The van der Waals surface area contributed by atoms with Crippen LogP contribution in [0.5, 0.6) is 5.75 Å². The summed E-state index contributed by atoms with van der Waals surface area (Å²) < 4.78 is 67.7. The minimum Gasteiger partial charge on any atom is -0.508 e. The van der Waals surface area contributed by atoms with Crippen molar-refractivity contribution < 1.29 is 31.8 Å². The van der Waals surface area contributed by atoms with E-state index >= 15 is 0 Å². The lowest BCUT2D eigenvalue weighted by atomic mass is 9.94. The summed E-state index contributed by atoms with van der Waals surface area (Å²) in [6.07, 6.45) is -4.51. The third kappa shape index (κ3) is 5.04. The molecular formula is C24H25F3N2O4S2. The number of phenols is 1. The fraction of sp³-hybridized carbons (Fsp3) is 0.333. The predicted octanol–water partition coefficient (Wildman–Crippen LogP) is 4.35. The minimum atomic E-state index is -4.83. The zero-order valence-electron chi connectivity index (χ0n) is 18.8. The van der Waals surface area contributed by atoms with Crippen molar-refractivity contribution >= 4 is 27.0 Å². The molecule has 0 radical (unpaired) electrons. The Morgan fingerprint density at radius 2 is 1.71 bits per heavy atom. The molecule has 0 spiro atoms. The van der Waals surface area contributed by atoms with Crippen LogP contribution in [0.4, 0.5) is 18.9 Å². The van der Waals surface area contributed by atoms with Crippen LogP contribution in [0.25, 0.3) is 0 Å². The fourth-order valence-electron chi connectivity index (χ4n) is 4.18. The molecule has 0 saturated carbocycles. The van der Waals surface area contributed by atoms with Gasteiger partial charge in [0.2, 0.25) is 0 Å². The van der Waals surface area contributed by atoms with E-state index in [-0.39, 0.29) is 34.7 Å². The predicted molar refractivity (Wildman–Crippen MR) is 128 cm³/mol. The monoisotopic (exact) mass is 526 g/mol. The average molecular weight is 527 g/mol. The summed E-state index contributed by atoms with van der Waals surface area (Å²) >= 11 is 1.14. The summed E-state index contributed by atoms with van der Waals surface area (Å²) in [6.45, 7) is 1.34. The molecule has 2 N–H and O–H groups in total. The average Bonchev–Trinajstić information content (AvgIpc) is 3.36. The van der Waals surface area contributed by atoms with Gasteiger partial charge in [-0.2, -0.15) is 17.5 Å². The maximum atomic E-state index is 13.2.